The van der Waals surface area contributed by atoms with Crippen molar-refractivity contribution in [2.45, 2.75) is 50.8 Å². The van der Waals surface area contributed by atoms with Crippen molar-refractivity contribution in [3.8, 4) is 0 Å². The van der Waals surface area contributed by atoms with E-state index in [1.165, 1.54) is 11.3 Å². The second kappa shape index (κ2) is 4.51. The van der Waals surface area contributed by atoms with E-state index < -0.39 is 0 Å². The average Bonchev–Trinajstić information content (AvgIpc) is 2.79. The third-order valence-electron chi connectivity index (χ3n) is 4.04. The summed E-state index contributed by atoms with van der Waals surface area (Å²) in [6, 6.07) is 0.398. The number of aryl methyl sites for hydroxylation is 1. The number of rotatable bonds is 1. The van der Waals surface area contributed by atoms with Crippen molar-refractivity contribution < 1.29 is 9.90 Å². The number of amides is 1. The SMILES string of the molecule is Cc1csc(C(=O)N2C3CCC2CC(O)C3)c1Cl. The number of aliphatic hydroxyl groups is 1. The van der Waals surface area contributed by atoms with Gasteiger partial charge < -0.3 is 10.0 Å². The third-order valence-corrected chi connectivity index (χ3v) is 5.72. The Balaban J connectivity index is 1.88. The van der Waals surface area contributed by atoms with Gasteiger partial charge in [-0.1, -0.05) is 11.6 Å². The Hall–Kier alpha value is -0.580. The molecule has 0 aliphatic carbocycles. The fourth-order valence-electron chi connectivity index (χ4n) is 3.17. The Morgan fingerprint density at radius 2 is 2.06 bits per heavy atom. The second-order valence-electron chi connectivity index (χ2n) is 5.28. The zero-order valence-electron chi connectivity index (χ0n) is 10.2. The van der Waals surface area contributed by atoms with E-state index in [0.717, 1.165) is 18.4 Å². The molecule has 2 fully saturated rings. The van der Waals surface area contributed by atoms with E-state index in [9.17, 15) is 9.90 Å². The molecule has 0 radical (unpaired) electrons. The maximum atomic E-state index is 12.6. The van der Waals surface area contributed by atoms with Crippen LogP contribution in [0.5, 0.6) is 0 Å². The first-order chi connectivity index (χ1) is 8.58. The summed E-state index contributed by atoms with van der Waals surface area (Å²) >= 11 is 7.61. The molecule has 2 atom stereocenters. The fraction of sp³-hybridized carbons (Fsp3) is 0.615. The topological polar surface area (TPSA) is 40.5 Å². The quantitative estimate of drug-likeness (QED) is 0.862. The Kier molecular flexibility index (Phi) is 3.12. The summed E-state index contributed by atoms with van der Waals surface area (Å²) in [4.78, 5) is 15.2. The standard InChI is InChI=1S/C13H16ClNO2S/c1-7-6-18-12(11(7)14)13(17)15-8-2-3-9(15)5-10(16)4-8/h6,8-10,16H,2-5H2,1H3. The molecule has 2 saturated heterocycles. The number of carbonyl (C=O) groups is 1. The van der Waals surface area contributed by atoms with Gasteiger partial charge >= 0.3 is 0 Å². The van der Waals surface area contributed by atoms with Crippen LogP contribution in [0.2, 0.25) is 5.02 Å². The molecule has 1 N–H and O–H groups in total. The Labute approximate surface area is 115 Å². The molecule has 2 aliphatic rings. The summed E-state index contributed by atoms with van der Waals surface area (Å²) in [5.41, 5.74) is 0.967. The number of hydrogen-bond acceptors (Lipinski definition) is 3. The summed E-state index contributed by atoms with van der Waals surface area (Å²) in [6.07, 6.45) is 3.20. The maximum Gasteiger partial charge on any atom is 0.265 e. The van der Waals surface area contributed by atoms with Crippen molar-refractivity contribution in [2.24, 2.45) is 0 Å². The molecule has 18 heavy (non-hydrogen) atoms. The lowest BCUT2D eigenvalue weighted by atomic mass is 9.99. The summed E-state index contributed by atoms with van der Waals surface area (Å²) < 4.78 is 0. The zero-order chi connectivity index (χ0) is 12.9. The Bertz CT molecular complexity index is 473. The van der Waals surface area contributed by atoms with Crippen molar-refractivity contribution in [1.82, 2.24) is 4.90 Å². The van der Waals surface area contributed by atoms with Gasteiger partial charge in [-0.2, -0.15) is 0 Å². The molecule has 1 aromatic heterocycles. The van der Waals surface area contributed by atoms with Crippen LogP contribution < -0.4 is 0 Å². The summed E-state index contributed by atoms with van der Waals surface area (Å²) in [7, 11) is 0. The number of hydrogen-bond donors (Lipinski definition) is 1. The second-order valence-corrected chi connectivity index (χ2v) is 6.54. The number of carbonyl (C=O) groups excluding carboxylic acids is 1. The largest absolute Gasteiger partial charge is 0.393 e. The van der Waals surface area contributed by atoms with Gasteiger partial charge in [0.2, 0.25) is 0 Å². The summed E-state index contributed by atoms with van der Waals surface area (Å²) in [6.45, 7) is 1.92. The van der Waals surface area contributed by atoms with E-state index >= 15 is 0 Å². The highest BCUT2D eigenvalue weighted by molar-refractivity contribution is 7.13. The first-order valence-electron chi connectivity index (χ1n) is 6.32. The molecule has 0 saturated carbocycles. The lowest BCUT2D eigenvalue weighted by Crippen LogP contribution is -2.47. The Morgan fingerprint density at radius 3 is 2.56 bits per heavy atom. The van der Waals surface area contributed by atoms with Crippen molar-refractivity contribution in [1.29, 1.82) is 0 Å². The number of aliphatic hydroxyl groups excluding tert-OH is 1. The van der Waals surface area contributed by atoms with E-state index in [-0.39, 0.29) is 24.1 Å². The van der Waals surface area contributed by atoms with Crippen LogP contribution in [0.25, 0.3) is 0 Å². The van der Waals surface area contributed by atoms with Crippen molar-refractivity contribution >= 4 is 28.8 Å². The van der Waals surface area contributed by atoms with Gasteiger partial charge in [0.1, 0.15) is 4.88 Å². The minimum absolute atomic E-state index is 0.0532. The monoisotopic (exact) mass is 285 g/mol. The normalized spacial score (nSPS) is 30.8. The maximum absolute atomic E-state index is 12.6. The smallest absolute Gasteiger partial charge is 0.265 e. The molecule has 2 aliphatic heterocycles. The van der Waals surface area contributed by atoms with E-state index in [1.807, 2.05) is 17.2 Å². The van der Waals surface area contributed by atoms with Gasteiger partial charge in [0.25, 0.3) is 5.91 Å². The van der Waals surface area contributed by atoms with E-state index in [1.54, 1.807) is 0 Å². The fourth-order valence-corrected chi connectivity index (χ4v) is 4.39. The molecule has 5 heteroatoms. The van der Waals surface area contributed by atoms with Gasteiger partial charge in [0.05, 0.1) is 11.1 Å². The van der Waals surface area contributed by atoms with Gasteiger partial charge in [0, 0.05) is 12.1 Å². The average molecular weight is 286 g/mol. The number of thiophene rings is 1. The predicted octanol–water partition coefficient (Wildman–Crippen LogP) is 2.84. The molecule has 0 aromatic carbocycles. The number of halogens is 1. The third kappa shape index (κ3) is 1.87. The number of nitrogens with zero attached hydrogens (tertiary/aromatic N) is 1. The lowest BCUT2D eigenvalue weighted by molar-refractivity contribution is 0.0290. The summed E-state index contributed by atoms with van der Waals surface area (Å²) in [5.74, 6) is 0.0532. The molecule has 1 amide bonds. The number of fused-ring (bicyclic) bond motifs is 2. The van der Waals surface area contributed by atoms with Crippen molar-refractivity contribution in [3.05, 3.63) is 20.8 Å². The molecule has 3 rings (SSSR count). The van der Waals surface area contributed by atoms with Crippen LogP contribution in [0.15, 0.2) is 5.38 Å². The van der Waals surface area contributed by atoms with Crippen LogP contribution in [0.1, 0.15) is 40.9 Å². The van der Waals surface area contributed by atoms with E-state index in [0.29, 0.717) is 22.7 Å². The van der Waals surface area contributed by atoms with Crippen LogP contribution in [0.4, 0.5) is 0 Å². The molecular weight excluding hydrogens is 270 g/mol. The van der Waals surface area contributed by atoms with Crippen LogP contribution in [-0.2, 0) is 0 Å². The molecular formula is C13H16ClNO2S. The molecule has 1 aromatic rings. The molecule has 0 spiro atoms. The predicted molar refractivity (Wildman–Crippen MR) is 72.3 cm³/mol. The van der Waals surface area contributed by atoms with E-state index in [2.05, 4.69) is 0 Å². The van der Waals surface area contributed by atoms with Crippen LogP contribution in [0.3, 0.4) is 0 Å². The van der Waals surface area contributed by atoms with Gasteiger partial charge in [0.15, 0.2) is 0 Å². The van der Waals surface area contributed by atoms with Crippen LogP contribution >= 0.6 is 22.9 Å². The van der Waals surface area contributed by atoms with E-state index in [4.69, 9.17) is 11.6 Å². The minimum atomic E-state index is -0.243. The lowest BCUT2D eigenvalue weighted by Gasteiger charge is -2.37. The highest BCUT2D eigenvalue weighted by Crippen LogP contribution is 2.39. The molecule has 2 unspecified atom stereocenters. The van der Waals surface area contributed by atoms with Gasteiger partial charge in [-0.25, -0.2) is 0 Å². The minimum Gasteiger partial charge on any atom is -0.393 e. The van der Waals surface area contributed by atoms with Gasteiger partial charge in [-0.3, -0.25) is 4.79 Å². The highest BCUT2D eigenvalue weighted by Gasteiger charge is 2.43. The van der Waals surface area contributed by atoms with Crippen molar-refractivity contribution in [3.63, 3.8) is 0 Å². The first kappa shape index (κ1) is 12.5. The molecule has 2 bridgehead atoms. The molecule has 3 heterocycles. The molecule has 98 valence electrons. The van der Waals surface area contributed by atoms with Gasteiger partial charge in [-0.05, 0) is 43.6 Å². The van der Waals surface area contributed by atoms with Crippen molar-refractivity contribution in [2.75, 3.05) is 0 Å². The first-order valence-corrected chi connectivity index (χ1v) is 7.58. The van der Waals surface area contributed by atoms with Crippen LogP contribution in [-0.4, -0.2) is 34.1 Å². The Morgan fingerprint density at radius 1 is 1.44 bits per heavy atom. The number of piperidine rings is 1. The van der Waals surface area contributed by atoms with Crippen LogP contribution in [0, 0.1) is 6.92 Å². The molecule has 3 nitrogen and oxygen atoms in total. The summed E-state index contributed by atoms with van der Waals surface area (Å²) in [5, 5.41) is 12.3. The van der Waals surface area contributed by atoms with Gasteiger partial charge in [-0.15, -0.1) is 11.3 Å². The highest BCUT2D eigenvalue weighted by atomic mass is 35.5. The zero-order valence-corrected chi connectivity index (χ0v) is 11.8.